The molecule has 4 N–H and O–H groups in total. The molecular formula is C15H24O4. The maximum absolute atomic E-state index is 9.89. The molecule has 0 fully saturated rings. The quantitative estimate of drug-likeness (QED) is 0.618. The van der Waals surface area contributed by atoms with Crippen molar-refractivity contribution >= 4 is 0 Å². The highest BCUT2D eigenvalue weighted by molar-refractivity contribution is 5.45. The van der Waals surface area contributed by atoms with Crippen LogP contribution >= 0.6 is 0 Å². The summed E-state index contributed by atoms with van der Waals surface area (Å²) >= 11 is 0. The molecule has 2 atom stereocenters. The Labute approximate surface area is 114 Å². The fourth-order valence-corrected chi connectivity index (χ4v) is 2.01. The third-order valence-corrected chi connectivity index (χ3v) is 3.56. The monoisotopic (exact) mass is 268 g/mol. The summed E-state index contributed by atoms with van der Waals surface area (Å²) in [6, 6.07) is 3.10. The molecule has 0 heterocycles. The average Bonchev–Trinajstić information content (AvgIpc) is 2.29. The number of hydrogen-bond acceptors (Lipinski definition) is 4. The van der Waals surface area contributed by atoms with Gasteiger partial charge in [0, 0.05) is 5.56 Å². The number of phenols is 2. The largest absolute Gasteiger partial charge is 0.508 e. The van der Waals surface area contributed by atoms with Crippen molar-refractivity contribution in [2.75, 3.05) is 0 Å². The predicted octanol–water partition coefficient (Wildman–Crippen LogP) is 2.42. The number of aromatic hydroxyl groups is 2. The minimum absolute atomic E-state index is 0.0106. The SMILES string of the molecule is Cc1cc(O)c([C@H](C)CC[C@H](O)C(C)(C)O)cc1O. The lowest BCUT2D eigenvalue weighted by atomic mass is 9.89. The number of phenolic OH excluding ortho intramolecular Hbond substituents is 2. The Kier molecular flexibility index (Phi) is 4.82. The van der Waals surface area contributed by atoms with Gasteiger partial charge < -0.3 is 20.4 Å². The van der Waals surface area contributed by atoms with E-state index in [4.69, 9.17) is 0 Å². The van der Waals surface area contributed by atoms with E-state index in [2.05, 4.69) is 0 Å². The highest BCUT2D eigenvalue weighted by Gasteiger charge is 2.25. The molecule has 0 radical (unpaired) electrons. The summed E-state index contributed by atoms with van der Waals surface area (Å²) < 4.78 is 0. The first-order chi connectivity index (χ1) is 8.62. The van der Waals surface area contributed by atoms with E-state index in [0.29, 0.717) is 24.0 Å². The van der Waals surface area contributed by atoms with Gasteiger partial charge in [0.05, 0.1) is 11.7 Å². The van der Waals surface area contributed by atoms with E-state index in [1.54, 1.807) is 26.8 Å². The molecule has 0 bridgehead atoms. The molecule has 19 heavy (non-hydrogen) atoms. The Balaban J connectivity index is 2.74. The first-order valence-corrected chi connectivity index (χ1v) is 6.55. The minimum Gasteiger partial charge on any atom is -0.508 e. The number of benzene rings is 1. The lowest BCUT2D eigenvalue weighted by Crippen LogP contribution is -2.35. The standard InChI is InChI=1S/C15H24O4/c1-9(5-6-14(18)15(3,4)19)11-8-12(16)10(2)7-13(11)17/h7-9,14,16-19H,5-6H2,1-4H3/t9-,14+/m1/s1. The summed E-state index contributed by atoms with van der Waals surface area (Å²) in [6.45, 7) is 6.78. The summed E-state index contributed by atoms with van der Waals surface area (Å²) in [5, 5.41) is 39.0. The Morgan fingerprint density at radius 2 is 1.68 bits per heavy atom. The average molecular weight is 268 g/mol. The van der Waals surface area contributed by atoms with Gasteiger partial charge in [0.2, 0.25) is 0 Å². The zero-order valence-electron chi connectivity index (χ0n) is 12.0. The Morgan fingerprint density at radius 3 is 2.21 bits per heavy atom. The molecule has 1 rings (SSSR count). The van der Waals surface area contributed by atoms with E-state index in [1.807, 2.05) is 6.92 Å². The molecule has 0 aliphatic heterocycles. The smallest absolute Gasteiger partial charge is 0.119 e. The molecule has 4 heteroatoms. The van der Waals surface area contributed by atoms with Gasteiger partial charge in [0.15, 0.2) is 0 Å². The Bertz CT molecular complexity index is 435. The van der Waals surface area contributed by atoms with Crippen LogP contribution in [-0.2, 0) is 0 Å². The first kappa shape index (κ1) is 15.8. The molecule has 0 saturated carbocycles. The van der Waals surface area contributed by atoms with Crippen LogP contribution in [0.4, 0.5) is 0 Å². The van der Waals surface area contributed by atoms with Crippen LogP contribution in [0, 0.1) is 6.92 Å². The zero-order chi connectivity index (χ0) is 14.8. The number of aryl methyl sites for hydroxylation is 1. The van der Waals surface area contributed by atoms with Crippen LogP contribution in [0.5, 0.6) is 11.5 Å². The van der Waals surface area contributed by atoms with Gasteiger partial charge in [0.1, 0.15) is 11.5 Å². The number of aliphatic hydroxyl groups excluding tert-OH is 1. The van der Waals surface area contributed by atoms with Gasteiger partial charge in [-0.1, -0.05) is 6.92 Å². The van der Waals surface area contributed by atoms with E-state index < -0.39 is 11.7 Å². The lowest BCUT2D eigenvalue weighted by Gasteiger charge is -2.25. The number of hydrogen-bond donors (Lipinski definition) is 4. The van der Waals surface area contributed by atoms with Crippen LogP contribution in [0.2, 0.25) is 0 Å². The van der Waals surface area contributed by atoms with Crippen LogP contribution in [-0.4, -0.2) is 32.1 Å². The van der Waals surface area contributed by atoms with Gasteiger partial charge >= 0.3 is 0 Å². The molecule has 0 spiro atoms. The second kappa shape index (κ2) is 5.80. The molecule has 1 aromatic rings. The van der Waals surface area contributed by atoms with Gasteiger partial charge in [0.25, 0.3) is 0 Å². The van der Waals surface area contributed by atoms with Crippen molar-refractivity contribution in [3.05, 3.63) is 23.3 Å². The lowest BCUT2D eigenvalue weighted by molar-refractivity contribution is -0.0525. The van der Waals surface area contributed by atoms with E-state index in [9.17, 15) is 20.4 Å². The van der Waals surface area contributed by atoms with Gasteiger partial charge in [-0.05, 0) is 57.2 Å². The van der Waals surface area contributed by atoms with Gasteiger partial charge in [-0.3, -0.25) is 0 Å². The highest BCUT2D eigenvalue weighted by atomic mass is 16.3. The second-order valence-corrected chi connectivity index (χ2v) is 5.85. The molecular weight excluding hydrogens is 244 g/mol. The van der Waals surface area contributed by atoms with Crippen molar-refractivity contribution in [2.24, 2.45) is 0 Å². The molecule has 0 aliphatic carbocycles. The van der Waals surface area contributed by atoms with Gasteiger partial charge in [-0.2, -0.15) is 0 Å². The van der Waals surface area contributed by atoms with Crippen molar-refractivity contribution in [3.63, 3.8) is 0 Å². The normalized spacial score (nSPS) is 15.3. The third kappa shape index (κ3) is 4.11. The zero-order valence-corrected chi connectivity index (χ0v) is 12.0. The van der Waals surface area contributed by atoms with Crippen molar-refractivity contribution in [1.82, 2.24) is 0 Å². The summed E-state index contributed by atoms with van der Waals surface area (Å²) in [6.07, 6.45) is 0.232. The van der Waals surface area contributed by atoms with E-state index >= 15 is 0 Å². The molecule has 0 aromatic heterocycles. The molecule has 0 aliphatic rings. The van der Waals surface area contributed by atoms with E-state index in [1.165, 1.54) is 6.07 Å². The molecule has 4 nitrogen and oxygen atoms in total. The number of aliphatic hydroxyl groups is 2. The van der Waals surface area contributed by atoms with Crippen molar-refractivity contribution in [1.29, 1.82) is 0 Å². The first-order valence-electron chi connectivity index (χ1n) is 6.55. The number of rotatable bonds is 5. The highest BCUT2D eigenvalue weighted by Crippen LogP contribution is 2.34. The minimum atomic E-state index is -1.13. The summed E-state index contributed by atoms with van der Waals surface area (Å²) in [4.78, 5) is 0. The summed E-state index contributed by atoms with van der Waals surface area (Å²) in [5.41, 5.74) is 0.160. The fraction of sp³-hybridized carbons (Fsp3) is 0.600. The molecule has 0 unspecified atom stereocenters. The van der Waals surface area contributed by atoms with E-state index in [-0.39, 0.29) is 17.4 Å². The molecule has 0 saturated heterocycles. The van der Waals surface area contributed by atoms with Gasteiger partial charge in [-0.15, -0.1) is 0 Å². The van der Waals surface area contributed by atoms with Gasteiger partial charge in [-0.25, -0.2) is 0 Å². The van der Waals surface area contributed by atoms with Crippen LogP contribution in [0.1, 0.15) is 50.7 Å². The van der Waals surface area contributed by atoms with Crippen LogP contribution < -0.4 is 0 Å². The maximum atomic E-state index is 9.89. The second-order valence-electron chi connectivity index (χ2n) is 5.85. The maximum Gasteiger partial charge on any atom is 0.119 e. The predicted molar refractivity (Wildman–Crippen MR) is 74.5 cm³/mol. The molecule has 108 valence electrons. The fourth-order valence-electron chi connectivity index (χ4n) is 2.01. The molecule has 1 aromatic carbocycles. The molecule has 0 amide bonds. The van der Waals surface area contributed by atoms with Crippen LogP contribution in [0.25, 0.3) is 0 Å². The van der Waals surface area contributed by atoms with Crippen molar-refractivity contribution in [2.45, 2.75) is 58.2 Å². The van der Waals surface area contributed by atoms with Crippen LogP contribution in [0.3, 0.4) is 0 Å². The van der Waals surface area contributed by atoms with E-state index in [0.717, 1.165) is 0 Å². The topological polar surface area (TPSA) is 80.9 Å². The Hall–Kier alpha value is -1.26. The third-order valence-electron chi connectivity index (χ3n) is 3.56. The summed E-state index contributed by atoms with van der Waals surface area (Å²) in [5.74, 6) is 0.298. The Morgan fingerprint density at radius 1 is 1.11 bits per heavy atom. The van der Waals surface area contributed by atoms with Crippen molar-refractivity contribution in [3.8, 4) is 11.5 Å². The van der Waals surface area contributed by atoms with Crippen LogP contribution in [0.15, 0.2) is 12.1 Å². The van der Waals surface area contributed by atoms with Crippen molar-refractivity contribution < 1.29 is 20.4 Å². The summed E-state index contributed by atoms with van der Waals surface area (Å²) in [7, 11) is 0.